The highest BCUT2D eigenvalue weighted by molar-refractivity contribution is 14.0. The Morgan fingerprint density at radius 1 is 1.27 bits per heavy atom. The summed E-state index contributed by atoms with van der Waals surface area (Å²) < 4.78 is 5.30. The third-order valence-electron chi connectivity index (χ3n) is 3.08. The molecule has 0 aromatic carbocycles. The van der Waals surface area contributed by atoms with E-state index in [1.165, 1.54) is 0 Å². The van der Waals surface area contributed by atoms with Gasteiger partial charge in [0.15, 0.2) is 5.96 Å². The summed E-state index contributed by atoms with van der Waals surface area (Å²) in [7, 11) is 3.47. The van der Waals surface area contributed by atoms with Crippen molar-refractivity contribution in [1.29, 1.82) is 0 Å². The summed E-state index contributed by atoms with van der Waals surface area (Å²) in [5, 5.41) is 6.57. The second-order valence-corrected chi connectivity index (χ2v) is 5.24. The summed E-state index contributed by atoms with van der Waals surface area (Å²) in [6, 6.07) is 0.328. The van der Waals surface area contributed by atoms with E-state index in [4.69, 9.17) is 4.74 Å². The second kappa shape index (κ2) is 15.3. The molecule has 132 valence electrons. The SMILES string of the molecule is CCOCCCCNC(=NCC(=O)N(C)C)NC(C)CC.I. The molecule has 2 N–H and O–H groups in total. The van der Waals surface area contributed by atoms with Crippen molar-refractivity contribution in [2.75, 3.05) is 40.4 Å². The van der Waals surface area contributed by atoms with Gasteiger partial charge < -0.3 is 20.3 Å². The zero-order chi connectivity index (χ0) is 16.1. The molecule has 0 aliphatic carbocycles. The van der Waals surface area contributed by atoms with Crippen LogP contribution in [0.2, 0.25) is 0 Å². The molecule has 0 aromatic heterocycles. The summed E-state index contributed by atoms with van der Waals surface area (Å²) >= 11 is 0. The molecule has 0 bridgehead atoms. The molecule has 22 heavy (non-hydrogen) atoms. The Balaban J connectivity index is 0. The molecule has 7 heteroatoms. The Morgan fingerprint density at radius 3 is 2.50 bits per heavy atom. The van der Waals surface area contributed by atoms with Crippen molar-refractivity contribution in [2.24, 2.45) is 4.99 Å². The van der Waals surface area contributed by atoms with Crippen LogP contribution in [-0.4, -0.2) is 63.2 Å². The molecule has 0 spiro atoms. The predicted molar refractivity (Wildman–Crippen MR) is 103 cm³/mol. The van der Waals surface area contributed by atoms with Gasteiger partial charge in [0.05, 0.1) is 0 Å². The number of halogens is 1. The summed E-state index contributed by atoms with van der Waals surface area (Å²) in [6.07, 6.45) is 3.05. The molecule has 6 nitrogen and oxygen atoms in total. The minimum Gasteiger partial charge on any atom is -0.382 e. The monoisotopic (exact) mass is 428 g/mol. The van der Waals surface area contributed by atoms with Crippen LogP contribution in [0.5, 0.6) is 0 Å². The van der Waals surface area contributed by atoms with Gasteiger partial charge >= 0.3 is 0 Å². The molecule has 0 aromatic rings. The van der Waals surface area contributed by atoms with Gasteiger partial charge in [0, 0.05) is 39.9 Å². The van der Waals surface area contributed by atoms with Gasteiger partial charge in [-0.2, -0.15) is 0 Å². The number of carbonyl (C=O) groups is 1. The van der Waals surface area contributed by atoms with Gasteiger partial charge in [-0.3, -0.25) is 4.79 Å². The minimum atomic E-state index is -0.00315. The Bertz CT molecular complexity index is 312. The van der Waals surface area contributed by atoms with Crippen LogP contribution in [0.3, 0.4) is 0 Å². The zero-order valence-corrected chi connectivity index (χ0v) is 17.0. The van der Waals surface area contributed by atoms with Gasteiger partial charge in [-0.1, -0.05) is 6.92 Å². The number of nitrogens with zero attached hydrogens (tertiary/aromatic N) is 2. The van der Waals surface area contributed by atoms with Crippen LogP contribution in [0.15, 0.2) is 4.99 Å². The molecule has 1 amide bonds. The number of rotatable bonds is 10. The maximum Gasteiger partial charge on any atom is 0.243 e. The lowest BCUT2D eigenvalue weighted by Crippen LogP contribution is -2.43. The van der Waals surface area contributed by atoms with E-state index in [-0.39, 0.29) is 36.4 Å². The number of likely N-dealkylation sites (N-methyl/N-ethyl adjacent to an activating group) is 1. The topological polar surface area (TPSA) is 66.0 Å². The Kier molecular flexibility index (Phi) is 16.5. The largest absolute Gasteiger partial charge is 0.382 e. The third kappa shape index (κ3) is 13.1. The number of hydrogen-bond donors (Lipinski definition) is 2. The number of guanidine groups is 1. The quantitative estimate of drug-likeness (QED) is 0.241. The lowest BCUT2D eigenvalue weighted by atomic mass is 10.3. The fourth-order valence-corrected chi connectivity index (χ4v) is 1.46. The van der Waals surface area contributed by atoms with E-state index in [1.807, 2.05) is 6.92 Å². The first-order valence-electron chi connectivity index (χ1n) is 7.83. The number of amides is 1. The maximum atomic E-state index is 11.6. The van der Waals surface area contributed by atoms with Crippen molar-refractivity contribution in [1.82, 2.24) is 15.5 Å². The molecule has 0 rings (SSSR count). The molecule has 1 unspecified atom stereocenters. The molecule has 0 radical (unpaired) electrons. The van der Waals surface area contributed by atoms with E-state index in [0.29, 0.717) is 12.0 Å². The third-order valence-corrected chi connectivity index (χ3v) is 3.08. The van der Waals surface area contributed by atoms with Crippen LogP contribution in [0.4, 0.5) is 0 Å². The van der Waals surface area contributed by atoms with E-state index < -0.39 is 0 Å². The minimum absolute atomic E-state index is 0. The number of ether oxygens (including phenoxy) is 1. The second-order valence-electron chi connectivity index (χ2n) is 5.24. The predicted octanol–water partition coefficient (Wildman–Crippen LogP) is 1.84. The summed E-state index contributed by atoms with van der Waals surface area (Å²) in [4.78, 5) is 17.5. The molecule has 0 saturated carbocycles. The number of aliphatic imine (C=N–C) groups is 1. The van der Waals surface area contributed by atoms with Gasteiger partial charge in [0.1, 0.15) is 6.54 Å². The molecular weight excluding hydrogens is 395 g/mol. The van der Waals surface area contributed by atoms with Crippen LogP contribution < -0.4 is 10.6 Å². The highest BCUT2D eigenvalue weighted by Crippen LogP contribution is 1.91. The lowest BCUT2D eigenvalue weighted by molar-refractivity contribution is -0.127. The first kappa shape index (κ1) is 23.7. The Labute approximate surface area is 152 Å². The van der Waals surface area contributed by atoms with Crippen LogP contribution in [0.1, 0.15) is 40.0 Å². The molecular formula is C15H33IN4O2. The number of unbranched alkanes of at least 4 members (excludes halogenated alkanes) is 1. The lowest BCUT2D eigenvalue weighted by Gasteiger charge is -2.17. The van der Waals surface area contributed by atoms with Crippen molar-refractivity contribution in [2.45, 2.75) is 46.1 Å². The van der Waals surface area contributed by atoms with Gasteiger partial charge in [-0.05, 0) is 33.1 Å². The Morgan fingerprint density at radius 2 is 1.95 bits per heavy atom. The summed E-state index contributed by atoms with van der Waals surface area (Å²) in [6.45, 7) is 8.76. The Hall–Kier alpha value is -0.570. The molecule has 0 fully saturated rings. The fourth-order valence-electron chi connectivity index (χ4n) is 1.46. The fraction of sp³-hybridized carbons (Fsp3) is 0.867. The van der Waals surface area contributed by atoms with E-state index in [2.05, 4.69) is 29.5 Å². The average Bonchev–Trinajstić information content (AvgIpc) is 2.47. The zero-order valence-electron chi connectivity index (χ0n) is 14.6. The molecule has 1 atom stereocenters. The smallest absolute Gasteiger partial charge is 0.243 e. The molecule has 0 aliphatic rings. The van der Waals surface area contributed by atoms with Crippen LogP contribution >= 0.6 is 24.0 Å². The highest BCUT2D eigenvalue weighted by atomic mass is 127. The van der Waals surface area contributed by atoms with E-state index in [1.54, 1.807) is 19.0 Å². The summed E-state index contributed by atoms with van der Waals surface area (Å²) in [5.74, 6) is 0.701. The molecule has 0 heterocycles. The number of hydrogen-bond acceptors (Lipinski definition) is 3. The highest BCUT2D eigenvalue weighted by Gasteiger charge is 2.06. The van der Waals surface area contributed by atoms with Crippen molar-refractivity contribution in [3.05, 3.63) is 0 Å². The standard InChI is InChI=1S/C15H32N4O2.HI/c1-6-13(3)18-15(17-12-14(20)19(4)5)16-10-8-9-11-21-7-2;/h13H,6-12H2,1-5H3,(H2,16,17,18);1H. The van der Waals surface area contributed by atoms with Crippen molar-refractivity contribution in [3.8, 4) is 0 Å². The molecule has 0 saturated heterocycles. The van der Waals surface area contributed by atoms with Crippen molar-refractivity contribution in [3.63, 3.8) is 0 Å². The normalized spacial score (nSPS) is 12.3. The van der Waals surface area contributed by atoms with Crippen LogP contribution in [0.25, 0.3) is 0 Å². The van der Waals surface area contributed by atoms with Gasteiger partial charge in [0.2, 0.25) is 5.91 Å². The van der Waals surface area contributed by atoms with Gasteiger partial charge in [0.25, 0.3) is 0 Å². The maximum absolute atomic E-state index is 11.6. The first-order valence-corrected chi connectivity index (χ1v) is 7.83. The van der Waals surface area contributed by atoms with Crippen molar-refractivity contribution < 1.29 is 9.53 Å². The first-order chi connectivity index (χ1) is 10.0. The van der Waals surface area contributed by atoms with Gasteiger partial charge in [-0.25, -0.2) is 4.99 Å². The van der Waals surface area contributed by atoms with Gasteiger partial charge in [-0.15, -0.1) is 24.0 Å². The van der Waals surface area contributed by atoms with E-state index >= 15 is 0 Å². The van der Waals surface area contributed by atoms with Crippen LogP contribution in [-0.2, 0) is 9.53 Å². The average molecular weight is 428 g/mol. The number of nitrogens with one attached hydrogen (secondary N) is 2. The van der Waals surface area contributed by atoms with Crippen LogP contribution in [0, 0.1) is 0 Å². The van der Waals surface area contributed by atoms with E-state index in [9.17, 15) is 4.79 Å². The summed E-state index contributed by atoms with van der Waals surface area (Å²) in [5.41, 5.74) is 0. The molecule has 0 aliphatic heterocycles. The van der Waals surface area contributed by atoms with Crippen molar-refractivity contribution >= 4 is 35.8 Å². The number of carbonyl (C=O) groups excluding carboxylic acids is 1. The van der Waals surface area contributed by atoms with E-state index in [0.717, 1.165) is 39.0 Å².